The Hall–Kier alpha value is -0.570. The second-order valence-corrected chi connectivity index (χ2v) is 5.56. The van der Waals surface area contributed by atoms with Crippen molar-refractivity contribution in [3.63, 3.8) is 0 Å². The first-order valence-corrected chi connectivity index (χ1v) is 6.98. The van der Waals surface area contributed by atoms with Gasteiger partial charge in [-0.05, 0) is 39.7 Å². The largest absolute Gasteiger partial charge is 0.465 e. The highest BCUT2D eigenvalue weighted by molar-refractivity contribution is 5.79. The maximum Gasteiger partial charge on any atom is 0.325 e. The zero-order chi connectivity index (χ0) is 12.7. The first-order chi connectivity index (χ1) is 8.06. The van der Waals surface area contributed by atoms with E-state index in [0.29, 0.717) is 6.61 Å². The minimum atomic E-state index is -0.551. The van der Waals surface area contributed by atoms with Gasteiger partial charge in [-0.1, -0.05) is 32.1 Å². The summed E-state index contributed by atoms with van der Waals surface area (Å²) in [5.74, 6) is 0.706. The third-order valence-electron chi connectivity index (χ3n) is 3.63. The standard InChI is InChI=1S/C14H27NO2/c1-4-17-13(16)14(2,3)15-11-10-12-8-6-5-7-9-12/h12,15H,4-11H2,1-3H3. The average molecular weight is 241 g/mol. The minimum Gasteiger partial charge on any atom is -0.465 e. The van der Waals surface area contributed by atoms with Crippen molar-refractivity contribution >= 4 is 5.97 Å². The first kappa shape index (κ1) is 14.5. The van der Waals surface area contributed by atoms with Gasteiger partial charge in [-0.15, -0.1) is 0 Å². The van der Waals surface area contributed by atoms with Gasteiger partial charge in [0.05, 0.1) is 6.61 Å². The molecule has 0 heterocycles. The van der Waals surface area contributed by atoms with Crippen molar-refractivity contribution in [1.82, 2.24) is 5.32 Å². The number of hydrogen-bond acceptors (Lipinski definition) is 3. The summed E-state index contributed by atoms with van der Waals surface area (Å²) >= 11 is 0. The topological polar surface area (TPSA) is 38.3 Å². The van der Waals surface area contributed by atoms with Crippen LogP contribution in [0.3, 0.4) is 0 Å². The average Bonchev–Trinajstić information content (AvgIpc) is 2.30. The van der Waals surface area contributed by atoms with Crippen LogP contribution in [0.2, 0.25) is 0 Å². The molecule has 0 saturated heterocycles. The van der Waals surface area contributed by atoms with Gasteiger partial charge in [-0.25, -0.2) is 0 Å². The molecule has 17 heavy (non-hydrogen) atoms. The van der Waals surface area contributed by atoms with Gasteiger partial charge in [0.1, 0.15) is 5.54 Å². The normalized spacial score (nSPS) is 18.1. The van der Waals surface area contributed by atoms with Crippen LogP contribution in [-0.2, 0) is 9.53 Å². The van der Waals surface area contributed by atoms with Gasteiger partial charge in [0.25, 0.3) is 0 Å². The van der Waals surface area contributed by atoms with E-state index in [9.17, 15) is 4.79 Å². The van der Waals surface area contributed by atoms with Crippen molar-refractivity contribution in [3.05, 3.63) is 0 Å². The van der Waals surface area contributed by atoms with E-state index in [1.165, 1.54) is 38.5 Å². The lowest BCUT2D eigenvalue weighted by molar-refractivity contribution is -0.149. The van der Waals surface area contributed by atoms with Crippen molar-refractivity contribution in [3.8, 4) is 0 Å². The maximum atomic E-state index is 11.7. The summed E-state index contributed by atoms with van der Waals surface area (Å²) < 4.78 is 5.05. The molecule has 1 aliphatic carbocycles. The zero-order valence-electron chi connectivity index (χ0n) is 11.6. The van der Waals surface area contributed by atoms with Crippen LogP contribution in [0.4, 0.5) is 0 Å². The van der Waals surface area contributed by atoms with Crippen LogP contribution >= 0.6 is 0 Å². The van der Waals surface area contributed by atoms with E-state index in [4.69, 9.17) is 4.74 Å². The van der Waals surface area contributed by atoms with Gasteiger partial charge in [-0.3, -0.25) is 4.79 Å². The molecule has 0 unspecified atom stereocenters. The van der Waals surface area contributed by atoms with Gasteiger partial charge in [0, 0.05) is 0 Å². The highest BCUT2D eigenvalue weighted by atomic mass is 16.5. The summed E-state index contributed by atoms with van der Waals surface area (Å²) in [6.07, 6.45) is 8.07. The Morgan fingerprint density at radius 2 is 1.94 bits per heavy atom. The Balaban J connectivity index is 2.21. The minimum absolute atomic E-state index is 0.149. The fourth-order valence-corrected chi connectivity index (χ4v) is 2.45. The third kappa shape index (κ3) is 5.07. The molecule has 1 rings (SSSR count). The molecule has 0 atom stereocenters. The predicted octanol–water partition coefficient (Wildman–Crippen LogP) is 2.89. The molecule has 1 N–H and O–H groups in total. The van der Waals surface area contributed by atoms with Crippen molar-refractivity contribution in [2.24, 2.45) is 5.92 Å². The van der Waals surface area contributed by atoms with E-state index in [1.54, 1.807) is 0 Å². The van der Waals surface area contributed by atoms with Crippen LogP contribution in [0, 0.1) is 5.92 Å². The van der Waals surface area contributed by atoms with Gasteiger partial charge >= 0.3 is 5.97 Å². The van der Waals surface area contributed by atoms with E-state index in [2.05, 4.69) is 5.32 Å². The number of carbonyl (C=O) groups excluding carboxylic acids is 1. The molecule has 0 aliphatic heterocycles. The number of carbonyl (C=O) groups is 1. The molecule has 0 bridgehead atoms. The van der Waals surface area contributed by atoms with Gasteiger partial charge in [0.15, 0.2) is 0 Å². The predicted molar refractivity (Wildman–Crippen MR) is 69.9 cm³/mol. The number of ether oxygens (including phenoxy) is 1. The van der Waals surface area contributed by atoms with Crippen molar-refractivity contribution in [2.75, 3.05) is 13.2 Å². The van der Waals surface area contributed by atoms with E-state index in [0.717, 1.165) is 12.5 Å². The highest BCUT2D eigenvalue weighted by Crippen LogP contribution is 2.25. The summed E-state index contributed by atoms with van der Waals surface area (Å²) in [6, 6.07) is 0. The molecule has 100 valence electrons. The SMILES string of the molecule is CCOC(=O)C(C)(C)NCCC1CCCCC1. The van der Waals surface area contributed by atoms with E-state index >= 15 is 0 Å². The van der Waals surface area contributed by atoms with Crippen LogP contribution in [-0.4, -0.2) is 24.7 Å². The van der Waals surface area contributed by atoms with Crippen LogP contribution < -0.4 is 5.32 Å². The first-order valence-electron chi connectivity index (χ1n) is 6.98. The molecule has 0 aromatic heterocycles. The number of nitrogens with one attached hydrogen (secondary N) is 1. The zero-order valence-corrected chi connectivity index (χ0v) is 11.6. The van der Waals surface area contributed by atoms with Gasteiger partial charge in [-0.2, -0.15) is 0 Å². The summed E-state index contributed by atoms with van der Waals surface area (Å²) in [4.78, 5) is 11.7. The van der Waals surface area contributed by atoms with Crippen molar-refractivity contribution in [2.45, 2.75) is 64.8 Å². The molecule has 3 heteroatoms. The molecule has 1 fully saturated rings. The molecule has 0 amide bonds. The Morgan fingerprint density at radius 3 is 2.53 bits per heavy atom. The second-order valence-electron chi connectivity index (χ2n) is 5.56. The smallest absolute Gasteiger partial charge is 0.325 e. The van der Waals surface area contributed by atoms with Crippen LogP contribution in [0.25, 0.3) is 0 Å². The van der Waals surface area contributed by atoms with Crippen molar-refractivity contribution in [1.29, 1.82) is 0 Å². The summed E-state index contributed by atoms with van der Waals surface area (Å²) in [6.45, 7) is 7.00. The number of rotatable bonds is 6. The highest BCUT2D eigenvalue weighted by Gasteiger charge is 2.28. The third-order valence-corrected chi connectivity index (χ3v) is 3.63. The molecule has 1 aliphatic rings. The van der Waals surface area contributed by atoms with Gasteiger partial charge < -0.3 is 10.1 Å². The molecule has 1 saturated carbocycles. The van der Waals surface area contributed by atoms with Crippen LogP contribution in [0.1, 0.15) is 59.3 Å². The molecular formula is C14H27NO2. The second kappa shape index (κ2) is 7.00. The van der Waals surface area contributed by atoms with E-state index in [-0.39, 0.29) is 5.97 Å². The van der Waals surface area contributed by atoms with Crippen LogP contribution in [0.5, 0.6) is 0 Å². The maximum absolute atomic E-state index is 11.7. The fraction of sp³-hybridized carbons (Fsp3) is 0.929. The summed E-state index contributed by atoms with van der Waals surface area (Å²) in [5, 5.41) is 3.32. The molecular weight excluding hydrogens is 214 g/mol. The monoisotopic (exact) mass is 241 g/mol. The Labute approximate surface area is 105 Å². The molecule has 0 spiro atoms. The summed E-state index contributed by atoms with van der Waals surface area (Å²) in [7, 11) is 0. The molecule has 0 radical (unpaired) electrons. The Kier molecular flexibility index (Phi) is 5.96. The molecule has 0 aromatic rings. The van der Waals surface area contributed by atoms with Gasteiger partial charge in [0.2, 0.25) is 0 Å². The molecule has 0 aromatic carbocycles. The lowest BCUT2D eigenvalue weighted by atomic mass is 9.87. The van der Waals surface area contributed by atoms with Crippen molar-refractivity contribution < 1.29 is 9.53 Å². The Bertz CT molecular complexity index is 232. The van der Waals surface area contributed by atoms with Crippen LogP contribution in [0.15, 0.2) is 0 Å². The number of hydrogen-bond donors (Lipinski definition) is 1. The number of esters is 1. The lowest BCUT2D eigenvalue weighted by Crippen LogP contribution is -2.48. The quantitative estimate of drug-likeness (QED) is 0.727. The summed E-state index contributed by atoms with van der Waals surface area (Å²) in [5.41, 5.74) is -0.551. The van der Waals surface area contributed by atoms with E-state index in [1.807, 2.05) is 20.8 Å². The Morgan fingerprint density at radius 1 is 1.29 bits per heavy atom. The lowest BCUT2D eigenvalue weighted by Gasteiger charge is -2.26. The van der Waals surface area contributed by atoms with E-state index < -0.39 is 5.54 Å². The molecule has 3 nitrogen and oxygen atoms in total. The fourth-order valence-electron chi connectivity index (χ4n) is 2.45.